The Bertz CT molecular complexity index is 468. The first kappa shape index (κ1) is 16.1. The van der Waals surface area contributed by atoms with E-state index in [0.29, 0.717) is 19.7 Å². The summed E-state index contributed by atoms with van der Waals surface area (Å²) in [5.41, 5.74) is 0. The van der Waals surface area contributed by atoms with E-state index in [0.717, 1.165) is 12.4 Å². The number of rotatable bonds is 9. The molecule has 110 valence electrons. The van der Waals surface area contributed by atoms with Crippen LogP contribution in [0.4, 0.5) is 0 Å². The quantitative estimate of drug-likeness (QED) is 0.668. The van der Waals surface area contributed by atoms with Crippen molar-refractivity contribution < 1.29 is 13.2 Å². The molecule has 0 bridgehead atoms. The molecule has 0 aliphatic rings. The second kappa shape index (κ2) is 7.62. The van der Waals surface area contributed by atoms with E-state index in [-0.39, 0.29) is 11.0 Å². The first-order chi connectivity index (χ1) is 8.97. The Kier molecular flexibility index (Phi) is 6.47. The predicted molar refractivity (Wildman–Crippen MR) is 74.7 cm³/mol. The molecular formula is C12H23N3O3S. The third-order valence-electron chi connectivity index (χ3n) is 2.90. The molecular weight excluding hydrogens is 266 g/mol. The number of imidazole rings is 1. The van der Waals surface area contributed by atoms with E-state index in [4.69, 9.17) is 4.74 Å². The number of ether oxygens (including phenoxy) is 1. The third kappa shape index (κ3) is 5.30. The zero-order valence-electron chi connectivity index (χ0n) is 11.8. The van der Waals surface area contributed by atoms with Crippen LogP contribution in [-0.2, 0) is 27.7 Å². The lowest BCUT2D eigenvalue weighted by atomic mass is 10.5. The molecule has 0 saturated carbocycles. The second-order valence-electron chi connectivity index (χ2n) is 4.62. The van der Waals surface area contributed by atoms with Gasteiger partial charge < -0.3 is 14.6 Å². The van der Waals surface area contributed by atoms with Crippen LogP contribution in [0.15, 0.2) is 12.4 Å². The summed E-state index contributed by atoms with van der Waals surface area (Å²) < 4.78 is 30.4. The second-order valence-corrected chi connectivity index (χ2v) is 7.30. The molecule has 0 aliphatic heterocycles. The standard InChI is InChI=1S/C12H23N3O3S/c1-11(2)19(16,17)9-7-15-6-4-14-12(15)10-13-5-8-18-3/h4,6,11,13H,5,7-10H2,1-3H3. The van der Waals surface area contributed by atoms with Crippen LogP contribution in [0.2, 0.25) is 0 Å². The van der Waals surface area contributed by atoms with Gasteiger partial charge in [0, 0.05) is 32.6 Å². The fourth-order valence-electron chi connectivity index (χ4n) is 1.55. The lowest BCUT2D eigenvalue weighted by Gasteiger charge is -2.11. The van der Waals surface area contributed by atoms with Crippen molar-refractivity contribution in [3.8, 4) is 0 Å². The van der Waals surface area contributed by atoms with Crippen molar-refractivity contribution in [3.05, 3.63) is 18.2 Å². The summed E-state index contributed by atoms with van der Waals surface area (Å²) in [6.07, 6.45) is 3.50. The third-order valence-corrected chi connectivity index (χ3v) is 5.09. The Labute approximate surface area is 115 Å². The maximum Gasteiger partial charge on any atom is 0.154 e. The Hall–Kier alpha value is -0.920. The number of aryl methyl sites for hydroxylation is 1. The minimum absolute atomic E-state index is 0.145. The van der Waals surface area contributed by atoms with E-state index in [1.54, 1.807) is 27.2 Å². The molecule has 7 heteroatoms. The van der Waals surface area contributed by atoms with Crippen LogP contribution in [0.5, 0.6) is 0 Å². The Morgan fingerprint density at radius 2 is 2.21 bits per heavy atom. The molecule has 1 heterocycles. The normalized spacial score (nSPS) is 12.2. The molecule has 0 fully saturated rings. The van der Waals surface area contributed by atoms with E-state index < -0.39 is 9.84 Å². The molecule has 0 amide bonds. The molecule has 1 aromatic heterocycles. The summed E-state index contributed by atoms with van der Waals surface area (Å²) in [6.45, 7) is 5.85. The topological polar surface area (TPSA) is 73.2 Å². The van der Waals surface area contributed by atoms with E-state index in [9.17, 15) is 8.42 Å². The predicted octanol–water partition coefficient (Wildman–Crippen LogP) is 0.442. The van der Waals surface area contributed by atoms with Gasteiger partial charge in [0.15, 0.2) is 9.84 Å². The highest BCUT2D eigenvalue weighted by molar-refractivity contribution is 7.91. The largest absolute Gasteiger partial charge is 0.383 e. The highest BCUT2D eigenvalue weighted by atomic mass is 32.2. The van der Waals surface area contributed by atoms with Crippen molar-refractivity contribution >= 4 is 9.84 Å². The van der Waals surface area contributed by atoms with Gasteiger partial charge in [0.2, 0.25) is 0 Å². The van der Waals surface area contributed by atoms with Crippen molar-refractivity contribution in [2.24, 2.45) is 0 Å². The van der Waals surface area contributed by atoms with Crippen LogP contribution in [-0.4, -0.2) is 49.2 Å². The molecule has 0 atom stereocenters. The molecule has 0 saturated heterocycles. The summed E-state index contributed by atoms with van der Waals surface area (Å²) in [5.74, 6) is 0.988. The van der Waals surface area contributed by atoms with E-state index in [1.165, 1.54) is 0 Å². The number of methoxy groups -OCH3 is 1. The summed E-state index contributed by atoms with van der Waals surface area (Å²) in [7, 11) is -1.36. The Morgan fingerprint density at radius 1 is 1.47 bits per heavy atom. The zero-order valence-corrected chi connectivity index (χ0v) is 12.6. The van der Waals surface area contributed by atoms with Gasteiger partial charge >= 0.3 is 0 Å². The highest BCUT2D eigenvalue weighted by Gasteiger charge is 2.16. The fourth-order valence-corrected chi connectivity index (χ4v) is 2.47. The van der Waals surface area contributed by atoms with Crippen LogP contribution in [0.1, 0.15) is 19.7 Å². The summed E-state index contributed by atoms with van der Waals surface area (Å²) in [6, 6.07) is 0. The molecule has 1 aromatic rings. The van der Waals surface area contributed by atoms with Crippen molar-refractivity contribution in [1.29, 1.82) is 0 Å². The molecule has 0 aromatic carbocycles. The SMILES string of the molecule is COCCNCc1nccn1CCS(=O)(=O)C(C)C. The lowest BCUT2D eigenvalue weighted by Crippen LogP contribution is -2.24. The van der Waals surface area contributed by atoms with Gasteiger partial charge in [-0.1, -0.05) is 0 Å². The molecule has 0 unspecified atom stereocenters. The van der Waals surface area contributed by atoms with Crippen LogP contribution in [0.3, 0.4) is 0 Å². The van der Waals surface area contributed by atoms with Gasteiger partial charge in [-0.05, 0) is 13.8 Å². The van der Waals surface area contributed by atoms with Crippen molar-refractivity contribution in [2.75, 3.05) is 26.0 Å². The molecule has 1 N–H and O–H groups in total. The average molecular weight is 289 g/mol. The van der Waals surface area contributed by atoms with E-state index in [2.05, 4.69) is 10.3 Å². The van der Waals surface area contributed by atoms with Crippen LogP contribution in [0.25, 0.3) is 0 Å². The van der Waals surface area contributed by atoms with Gasteiger partial charge in [-0.25, -0.2) is 13.4 Å². The van der Waals surface area contributed by atoms with Crippen molar-refractivity contribution in [2.45, 2.75) is 32.2 Å². The number of nitrogens with one attached hydrogen (secondary N) is 1. The van der Waals surface area contributed by atoms with E-state index >= 15 is 0 Å². The minimum Gasteiger partial charge on any atom is -0.383 e. The minimum atomic E-state index is -3.01. The smallest absolute Gasteiger partial charge is 0.154 e. The Morgan fingerprint density at radius 3 is 2.84 bits per heavy atom. The molecule has 6 nitrogen and oxygen atoms in total. The van der Waals surface area contributed by atoms with Gasteiger partial charge in [0.1, 0.15) is 5.82 Å². The summed E-state index contributed by atoms with van der Waals surface area (Å²) in [4.78, 5) is 4.22. The summed E-state index contributed by atoms with van der Waals surface area (Å²) in [5, 5.41) is 2.86. The molecule has 1 rings (SSSR count). The molecule has 0 aliphatic carbocycles. The van der Waals surface area contributed by atoms with Gasteiger partial charge in [0.05, 0.1) is 24.2 Å². The Balaban J connectivity index is 2.49. The van der Waals surface area contributed by atoms with Gasteiger partial charge in [-0.15, -0.1) is 0 Å². The molecule has 19 heavy (non-hydrogen) atoms. The number of aromatic nitrogens is 2. The maximum absolute atomic E-state index is 11.8. The van der Waals surface area contributed by atoms with Gasteiger partial charge in [-0.2, -0.15) is 0 Å². The van der Waals surface area contributed by atoms with Crippen molar-refractivity contribution in [1.82, 2.24) is 14.9 Å². The first-order valence-electron chi connectivity index (χ1n) is 6.38. The van der Waals surface area contributed by atoms with Crippen LogP contribution in [0, 0.1) is 0 Å². The molecule has 0 radical (unpaired) electrons. The monoisotopic (exact) mass is 289 g/mol. The van der Waals surface area contributed by atoms with Gasteiger partial charge in [-0.3, -0.25) is 0 Å². The van der Waals surface area contributed by atoms with E-state index in [1.807, 2.05) is 10.8 Å². The molecule has 0 spiro atoms. The highest BCUT2D eigenvalue weighted by Crippen LogP contribution is 2.04. The van der Waals surface area contributed by atoms with Gasteiger partial charge in [0.25, 0.3) is 0 Å². The number of nitrogens with zero attached hydrogens (tertiary/aromatic N) is 2. The number of hydrogen-bond donors (Lipinski definition) is 1. The maximum atomic E-state index is 11.8. The van der Waals surface area contributed by atoms with Crippen molar-refractivity contribution in [3.63, 3.8) is 0 Å². The number of hydrogen-bond acceptors (Lipinski definition) is 5. The van der Waals surface area contributed by atoms with Crippen LogP contribution >= 0.6 is 0 Å². The first-order valence-corrected chi connectivity index (χ1v) is 8.10. The average Bonchev–Trinajstić information content (AvgIpc) is 2.79. The lowest BCUT2D eigenvalue weighted by molar-refractivity contribution is 0.199. The number of sulfone groups is 1. The summed E-state index contributed by atoms with van der Waals surface area (Å²) >= 11 is 0. The van der Waals surface area contributed by atoms with Crippen LogP contribution < -0.4 is 5.32 Å². The zero-order chi connectivity index (χ0) is 14.3. The fraction of sp³-hybridized carbons (Fsp3) is 0.750.